The number of nitrogens with zero attached hydrogens (tertiary/aromatic N) is 1. The predicted octanol–water partition coefficient (Wildman–Crippen LogP) is 4.65. The van der Waals surface area contributed by atoms with Gasteiger partial charge in [-0.15, -0.1) is 0 Å². The fourth-order valence-corrected chi connectivity index (χ4v) is 6.02. The molecule has 3 rings (SSSR count). The van der Waals surface area contributed by atoms with Gasteiger partial charge in [0, 0.05) is 11.3 Å². The fraction of sp³-hybridized carbons (Fsp3) is 0.400. The van der Waals surface area contributed by atoms with Gasteiger partial charge in [0.15, 0.2) is 0 Å². The van der Waals surface area contributed by atoms with Crippen LogP contribution in [0.5, 0.6) is 0 Å². The molecule has 0 saturated heterocycles. The SMILES string of the molecule is CN(C)C(c1cccc(F)c1)C1CC[C]([SH]2C=CC(C(=O)O)=C2)CC1. The number of carboxylic acids is 1. The third-order valence-electron chi connectivity index (χ3n) is 5.11. The van der Waals surface area contributed by atoms with E-state index in [0.29, 0.717) is 11.5 Å². The highest BCUT2D eigenvalue weighted by Gasteiger charge is 2.32. The summed E-state index contributed by atoms with van der Waals surface area (Å²) in [5, 5.41) is 14.6. The summed E-state index contributed by atoms with van der Waals surface area (Å²) in [5.41, 5.74) is 1.46. The van der Waals surface area contributed by atoms with Crippen LogP contribution in [-0.2, 0) is 4.79 Å². The lowest BCUT2D eigenvalue weighted by Crippen LogP contribution is -2.30. The first kappa shape index (κ1) is 18.2. The van der Waals surface area contributed by atoms with E-state index in [9.17, 15) is 9.18 Å². The normalized spacial score (nSPS) is 24.5. The lowest BCUT2D eigenvalue weighted by molar-refractivity contribution is -0.132. The summed E-state index contributed by atoms with van der Waals surface area (Å²) in [6.45, 7) is 0. The number of hydrogen-bond donors (Lipinski definition) is 2. The van der Waals surface area contributed by atoms with Crippen LogP contribution < -0.4 is 0 Å². The van der Waals surface area contributed by atoms with Crippen molar-refractivity contribution in [2.24, 2.45) is 5.92 Å². The molecule has 0 amide bonds. The van der Waals surface area contributed by atoms with Crippen LogP contribution in [0.25, 0.3) is 0 Å². The van der Waals surface area contributed by atoms with Crippen molar-refractivity contribution in [3.63, 3.8) is 0 Å². The monoisotopic (exact) mass is 362 g/mol. The van der Waals surface area contributed by atoms with E-state index in [1.54, 1.807) is 18.2 Å². The Hall–Kier alpha value is -1.59. The van der Waals surface area contributed by atoms with Crippen LogP contribution >= 0.6 is 10.9 Å². The minimum Gasteiger partial charge on any atom is -0.478 e. The van der Waals surface area contributed by atoms with Crippen molar-refractivity contribution in [2.75, 3.05) is 14.1 Å². The fourth-order valence-electron chi connectivity index (χ4n) is 3.95. The summed E-state index contributed by atoms with van der Waals surface area (Å²) in [6.07, 6.45) is 5.94. The third kappa shape index (κ3) is 4.15. The summed E-state index contributed by atoms with van der Waals surface area (Å²) in [7, 11) is 3.58. The number of thiol groups is 1. The quantitative estimate of drug-likeness (QED) is 0.749. The van der Waals surface area contributed by atoms with Gasteiger partial charge in [0.25, 0.3) is 0 Å². The van der Waals surface area contributed by atoms with E-state index in [-0.39, 0.29) is 11.9 Å². The molecule has 1 aliphatic carbocycles. The molecule has 5 heteroatoms. The largest absolute Gasteiger partial charge is 0.478 e. The van der Waals surface area contributed by atoms with E-state index >= 15 is 0 Å². The molecule has 1 heterocycles. The lowest BCUT2D eigenvalue weighted by atomic mass is 9.80. The Morgan fingerprint density at radius 1 is 1.32 bits per heavy atom. The average Bonchev–Trinajstić information content (AvgIpc) is 3.06. The minimum absolute atomic E-state index is 0.182. The molecular weight excluding hydrogens is 337 g/mol. The van der Waals surface area contributed by atoms with Crippen molar-refractivity contribution in [3.05, 3.63) is 63.4 Å². The van der Waals surface area contributed by atoms with Gasteiger partial charge < -0.3 is 10.0 Å². The Bertz CT molecular complexity index is 693. The Balaban J connectivity index is 1.66. The summed E-state index contributed by atoms with van der Waals surface area (Å²) >= 11 is 0. The molecule has 1 N–H and O–H groups in total. The molecule has 1 aromatic carbocycles. The molecule has 1 fully saturated rings. The second-order valence-electron chi connectivity index (χ2n) is 6.98. The summed E-state index contributed by atoms with van der Waals surface area (Å²) < 4.78 is 13.6. The van der Waals surface area contributed by atoms with Crippen molar-refractivity contribution in [1.82, 2.24) is 4.90 Å². The molecule has 2 unspecified atom stereocenters. The third-order valence-corrected chi connectivity index (χ3v) is 7.31. The zero-order valence-corrected chi connectivity index (χ0v) is 15.5. The van der Waals surface area contributed by atoms with Crippen LogP contribution in [0.2, 0.25) is 0 Å². The van der Waals surface area contributed by atoms with Gasteiger partial charge in [0.05, 0.1) is 5.57 Å². The Morgan fingerprint density at radius 2 is 2.04 bits per heavy atom. The van der Waals surface area contributed by atoms with Crippen molar-refractivity contribution >= 4 is 16.9 Å². The van der Waals surface area contributed by atoms with Crippen LogP contribution in [0.4, 0.5) is 4.39 Å². The first-order chi connectivity index (χ1) is 12.0. The van der Waals surface area contributed by atoms with Crippen LogP contribution in [0.15, 0.2) is 46.7 Å². The van der Waals surface area contributed by atoms with Gasteiger partial charge in [-0.25, -0.2) is 20.1 Å². The summed E-state index contributed by atoms with van der Waals surface area (Å²) in [4.78, 5) is 13.3. The Kier molecular flexibility index (Phi) is 5.64. The Morgan fingerprint density at radius 3 is 2.60 bits per heavy atom. The number of rotatable bonds is 5. The maximum Gasteiger partial charge on any atom is 0.336 e. The number of benzene rings is 1. The van der Waals surface area contributed by atoms with Crippen LogP contribution in [-0.4, -0.2) is 30.1 Å². The summed E-state index contributed by atoms with van der Waals surface area (Å²) in [5.74, 6) is -0.530. The topological polar surface area (TPSA) is 40.5 Å². The number of halogens is 1. The average molecular weight is 362 g/mol. The highest BCUT2D eigenvalue weighted by molar-refractivity contribution is 8.24. The molecule has 1 saturated carbocycles. The van der Waals surface area contributed by atoms with Crippen LogP contribution in [0.1, 0.15) is 37.3 Å². The zero-order chi connectivity index (χ0) is 18.0. The second kappa shape index (κ2) is 7.75. The first-order valence-corrected chi connectivity index (χ1v) is 10.1. The van der Waals surface area contributed by atoms with E-state index in [1.165, 1.54) is 11.3 Å². The molecule has 2 aliphatic rings. The molecule has 1 aliphatic heterocycles. The highest BCUT2D eigenvalue weighted by Crippen LogP contribution is 2.54. The molecular formula is C20H25FNO2S. The van der Waals surface area contributed by atoms with Crippen molar-refractivity contribution in [2.45, 2.75) is 31.7 Å². The molecule has 0 aromatic heterocycles. The highest BCUT2D eigenvalue weighted by atomic mass is 32.2. The number of carboxylic acid groups (broad SMARTS) is 1. The van der Waals surface area contributed by atoms with E-state index in [1.807, 2.05) is 11.5 Å². The number of hydrogen-bond acceptors (Lipinski definition) is 2. The molecule has 0 bridgehead atoms. The van der Waals surface area contributed by atoms with Gasteiger partial charge >= 0.3 is 5.97 Å². The number of aliphatic carboxylic acids is 1. The van der Waals surface area contributed by atoms with Crippen LogP contribution in [0, 0.1) is 17.0 Å². The zero-order valence-electron chi connectivity index (χ0n) is 14.7. The smallest absolute Gasteiger partial charge is 0.336 e. The minimum atomic E-state index is -0.839. The van der Waals surface area contributed by atoms with Crippen LogP contribution in [0.3, 0.4) is 0 Å². The van der Waals surface area contributed by atoms with Crippen molar-refractivity contribution in [3.8, 4) is 0 Å². The van der Waals surface area contributed by atoms with Gasteiger partial charge in [-0.1, -0.05) is 12.1 Å². The predicted molar refractivity (Wildman–Crippen MR) is 102 cm³/mol. The van der Waals surface area contributed by atoms with Gasteiger partial charge in [-0.3, -0.25) is 0 Å². The Labute approximate surface area is 151 Å². The van der Waals surface area contributed by atoms with E-state index in [2.05, 4.69) is 24.4 Å². The van der Waals surface area contributed by atoms with Crippen molar-refractivity contribution < 1.29 is 14.3 Å². The van der Waals surface area contributed by atoms with E-state index in [0.717, 1.165) is 31.2 Å². The molecule has 0 spiro atoms. The lowest BCUT2D eigenvalue weighted by Gasteiger charge is -2.39. The molecule has 3 nitrogen and oxygen atoms in total. The van der Waals surface area contributed by atoms with Gasteiger partial charge in [-0.05, 0) is 80.3 Å². The van der Waals surface area contributed by atoms with Gasteiger partial charge in [0.1, 0.15) is 5.82 Å². The van der Waals surface area contributed by atoms with E-state index in [4.69, 9.17) is 5.11 Å². The van der Waals surface area contributed by atoms with E-state index < -0.39 is 16.9 Å². The van der Waals surface area contributed by atoms with Gasteiger partial charge in [-0.2, -0.15) is 0 Å². The standard InChI is InChI=1S/C20H25FNO2S/c1-22(2)19(15-4-3-5-17(21)12-15)14-6-8-18(9-7-14)25-11-10-16(13-25)20(23)24/h3-5,10-14,19,25H,6-9H2,1-2H3,(H,23,24). The molecule has 2 atom stereocenters. The molecule has 1 radical (unpaired) electrons. The second-order valence-corrected chi connectivity index (χ2v) is 8.98. The first-order valence-electron chi connectivity index (χ1n) is 8.64. The maximum atomic E-state index is 13.6. The summed E-state index contributed by atoms with van der Waals surface area (Å²) in [6, 6.07) is 7.15. The molecule has 1 aromatic rings. The van der Waals surface area contributed by atoms with Gasteiger partial charge in [0.2, 0.25) is 0 Å². The molecule has 25 heavy (non-hydrogen) atoms. The van der Waals surface area contributed by atoms with Crippen molar-refractivity contribution in [1.29, 1.82) is 0 Å². The molecule has 135 valence electrons. The maximum absolute atomic E-state index is 13.6. The number of carbonyl (C=O) groups is 1.